The van der Waals surface area contributed by atoms with Crippen LogP contribution in [-0.2, 0) is 11.8 Å². The van der Waals surface area contributed by atoms with E-state index in [1.807, 2.05) is 0 Å². The molecule has 1 aromatic rings. The number of aromatic nitrogens is 2. The predicted molar refractivity (Wildman–Crippen MR) is 117 cm³/mol. The summed E-state index contributed by atoms with van der Waals surface area (Å²) in [7, 11) is 0. The minimum atomic E-state index is -0.0995. The fourth-order valence-electron chi connectivity index (χ4n) is 4.99. The van der Waals surface area contributed by atoms with Gasteiger partial charge in [0.15, 0.2) is 0 Å². The normalized spacial score (nSPS) is 27.4. The molecule has 3 rings (SSSR count). The first-order chi connectivity index (χ1) is 13.7. The second-order valence-electron chi connectivity index (χ2n) is 10.8. The predicted octanol–water partition coefficient (Wildman–Crippen LogP) is 4.47. The third-order valence-electron chi connectivity index (χ3n) is 7.05. The number of nitrogens with zero attached hydrogens (tertiary/aromatic N) is 3. The Hall–Kier alpha value is -1.20. The Morgan fingerprint density at radius 2 is 1.90 bits per heavy atom. The Morgan fingerprint density at radius 3 is 2.45 bits per heavy atom. The summed E-state index contributed by atoms with van der Waals surface area (Å²) in [5, 5.41) is 18.0. The van der Waals surface area contributed by atoms with Crippen LogP contribution in [-0.4, -0.2) is 46.4 Å². The smallest absolute Gasteiger partial charge is 0.221 e. The van der Waals surface area contributed by atoms with Crippen molar-refractivity contribution < 1.29 is 9.52 Å². The molecule has 164 valence electrons. The van der Waals surface area contributed by atoms with E-state index >= 15 is 0 Å². The first kappa shape index (κ1) is 22.5. The summed E-state index contributed by atoms with van der Waals surface area (Å²) in [6.07, 6.45) is 6.86. The summed E-state index contributed by atoms with van der Waals surface area (Å²) in [5.74, 6) is 4.47. The summed E-state index contributed by atoms with van der Waals surface area (Å²) in [4.78, 5) is 2.62. The molecule has 2 heterocycles. The van der Waals surface area contributed by atoms with Crippen molar-refractivity contribution in [3.63, 3.8) is 0 Å². The van der Waals surface area contributed by atoms with Crippen molar-refractivity contribution in [3.05, 3.63) is 23.4 Å². The lowest BCUT2D eigenvalue weighted by Gasteiger charge is -2.40. The maximum atomic E-state index is 9.40. The largest absolute Gasteiger partial charge is 0.425 e. The van der Waals surface area contributed by atoms with E-state index in [1.165, 1.54) is 12.0 Å². The van der Waals surface area contributed by atoms with E-state index in [4.69, 9.17) is 4.42 Å². The molecule has 1 aliphatic heterocycles. The van der Waals surface area contributed by atoms with Crippen molar-refractivity contribution in [2.24, 2.45) is 29.6 Å². The van der Waals surface area contributed by atoms with Crippen molar-refractivity contribution in [2.75, 3.05) is 26.2 Å². The molecule has 0 aromatic carbocycles. The van der Waals surface area contributed by atoms with Gasteiger partial charge in [0.2, 0.25) is 11.8 Å². The van der Waals surface area contributed by atoms with Crippen LogP contribution in [0.25, 0.3) is 0 Å². The molecule has 1 aliphatic carbocycles. The van der Waals surface area contributed by atoms with Gasteiger partial charge in [0.25, 0.3) is 0 Å². The Labute approximate surface area is 177 Å². The molecule has 1 N–H and O–H groups in total. The standard InChI is InChI=1S/C24H41N3O2/c1-16(2)21-12-19(13-22-25-26-23(29-22)24(4,5)6)17(3)11-20(21)14-27-9-7-18(15-28)8-10-27/h11,16,18-21,28H,7-10,12-15H2,1-6H3/t19-,20-,21-/m0/s1. The Kier molecular flexibility index (Phi) is 7.21. The molecule has 5 nitrogen and oxygen atoms in total. The SMILES string of the molecule is CC1=C[C@@H](CN2CCC(CO)CC2)[C@H](C(C)C)C[C@H]1Cc1nnc(C(C)(C)C)o1. The molecular weight excluding hydrogens is 362 g/mol. The molecule has 29 heavy (non-hydrogen) atoms. The van der Waals surface area contributed by atoms with Gasteiger partial charge in [-0.15, -0.1) is 10.2 Å². The van der Waals surface area contributed by atoms with E-state index in [-0.39, 0.29) is 5.41 Å². The molecule has 0 unspecified atom stereocenters. The van der Waals surface area contributed by atoms with Gasteiger partial charge in [-0.2, -0.15) is 0 Å². The molecular formula is C24H41N3O2. The third-order valence-corrected chi connectivity index (χ3v) is 7.05. The maximum Gasteiger partial charge on any atom is 0.221 e. The number of rotatable bonds is 6. The summed E-state index contributed by atoms with van der Waals surface area (Å²) in [6, 6.07) is 0. The van der Waals surface area contributed by atoms with Gasteiger partial charge in [0.1, 0.15) is 0 Å². The molecule has 0 spiro atoms. The quantitative estimate of drug-likeness (QED) is 0.710. The molecule has 1 aromatic heterocycles. The molecule has 2 aliphatic rings. The number of piperidine rings is 1. The molecule has 0 bridgehead atoms. The van der Waals surface area contributed by atoms with Gasteiger partial charge in [0.05, 0.1) is 0 Å². The first-order valence-electron chi connectivity index (χ1n) is 11.5. The Bertz CT molecular complexity index is 681. The zero-order chi connectivity index (χ0) is 21.2. The van der Waals surface area contributed by atoms with Gasteiger partial charge in [-0.25, -0.2) is 0 Å². The highest BCUT2D eigenvalue weighted by atomic mass is 16.4. The van der Waals surface area contributed by atoms with Crippen molar-refractivity contribution >= 4 is 0 Å². The van der Waals surface area contributed by atoms with E-state index < -0.39 is 0 Å². The number of hydrogen-bond donors (Lipinski definition) is 1. The summed E-state index contributed by atoms with van der Waals surface area (Å²) < 4.78 is 5.99. The summed E-state index contributed by atoms with van der Waals surface area (Å²) >= 11 is 0. The highest BCUT2D eigenvalue weighted by Gasteiger charge is 2.34. The van der Waals surface area contributed by atoms with Crippen LogP contribution >= 0.6 is 0 Å². The van der Waals surface area contributed by atoms with E-state index in [9.17, 15) is 5.11 Å². The Morgan fingerprint density at radius 1 is 1.21 bits per heavy atom. The van der Waals surface area contributed by atoms with Gasteiger partial charge in [-0.3, -0.25) is 0 Å². The van der Waals surface area contributed by atoms with Gasteiger partial charge >= 0.3 is 0 Å². The average Bonchev–Trinajstić information content (AvgIpc) is 3.13. The molecule has 1 fully saturated rings. The van der Waals surface area contributed by atoms with Crippen LogP contribution in [0.1, 0.15) is 72.6 Å². The van der Waals surface area contributed by atoms with E-state index in [0.29, 0.717) is 36.2 Å². The summed E-state index contributed by atoms with van der Waals surface area (Å²) in [5.41, 5.74) is 1.38. The average molecular weight is 404 g/mol. The fraction of sp³-hybridized carbons (Fsp3) is 0.833. The highest BCUT2D eigenvalue weighted by molar-refractivity contribution is 5.14. The van der Waals surface area contributed by atoms with Crippen LogP contribution in [0.5, 0.6) is 0 Å². The van der Waals surface area contributed by atoms with Gasteiger partial charge in [-0.1, -0.05) is 46.3 Å². The zero-order valence-electron chi connectivity index (χ0n) is 19.3. The molecule has 0 amide bonds. The van der Waals surface area contributed by atoms with Gasteiger partial charge in [-0.05, 0) is 68.9 Å². The lowest BCUT2D eigenvalue weighted by Crippen LogP contribution is -2.41. The van der Waals surface area contributed by atoms with Crippen LogP contribution in [0, 0.1) is 29.6 Å². The van der Waals surface area contributed by atoms with E-state index in [0.717, 1.165) is 50.7 Å². The number of aliphatic hydroxyl groups is 1. The molecule has 1 saturated heterocycles. The highest BCUT2D eigenvalue weighted by Crippen LogP contribution is 2.39. The molecule has 0 saturated carbocycles. The number of aliphatic hydroxyl groups excluding tert-OH is 1. The number of hydrogen-bond acceptors (Lipinski definition) is 5. The maximum absolute atomic E-state index is 9.40. The number of likely N-dealkylation sites (tertiary alicyclic amines) is 1. The van der Waals surface area contributed by atoms with Crippen LogP contribution in [0.2, 0.25) is 0 Å². The van der Waals surface area contributed by atoms with E-state index in [2.05, 4.69) is 62.7 Å². The van der Waals surface area contributed by atoms with Gasteiger partial charge in [0, 0.05) is 25.0 Å². The molecule has 3 atom stereocenters. The molecule has 5 heteroatoms. The second-order valence-corrected chi connectivity index (χ2v) is 10.8. The number of allylic oxidation sites excluding steroid dienone is 1. The molecule has 0 radical (unpaired) electrons. The van der Waals surface area contributed by atoms with Crippen LogP contribution in [0.4, 0.5) is 0 Å². The first-order valence-corrected chi connectivity index (χ1v) is 11.5. The minimum absolute atomic E-state index is 0.0995. The van der Waals surface area contributed by atoms with Gasteiger partial charge < -0.3 is 14.4 Å². The van der Waals surface area contributed by atoms with Crippen molar-refractivity contribution in [3.8, 4) is 0 Å². The van der Waals surface area contributed by atoms with Crippen LogP contribution in [0.3, 0.4) is 0 Å². The Balaban J connectivity index is 1.66. The monoisotopic (exact) mass is 403 g/mol. The van der Waals surface area contributed by atoms with E-state index in [1.54, 1.807) is 0 Å². The van der Waals surface area contributed by atoms with Crippen molar-refractivity contribution in [1.82, 2.24) is 15.1 Å². The zero-order valence-corrected chi connectivity index (χ0v) is 19.3. The summed E-state index contributed by atoms with van der Waals surface area (Å²) in [6.45, 7) is 17.1. The second kappa shape index (κ2) is 9.30. The van der Waals surface area contributed by atoms with Crippen LogP contribution < -0.4 is 0 Å². The third kappa shape index (κ3) is 5.69. The topological polar surface area (TPSA) is 62.4 Å². The van der Waals surface area contributed by atoms with Crippen molar-refractivity contribution in [2.45, 2.75) is 72.6 Å². The van der Waals surface area contributed by atoms with Crippen LogP contribution in [0.15, 0.2) is 16.1 Å². The minimum Gasteiger partial charge on any atom is -0.425 e. The lowest BCUT2D eigenvalue weighted by atomic mass is 9.69. The lowest BCUT2D eigenvalue weighted by molar-refractivity contribution is 0.103. The fourth-order valence-corrected chi connectivity index (χ4v) is 4.99. The van der Waals surface area contributed by atoms with Crippen molar-refractivity contribution in [1.29, 1.82) is 0 Å².